The van der Waals surface area contributed by atoms with E-state index in [2.05, 4.69) is 31.0 Å². The molecule has 2 nitrogen and oxygen atoms in total. The molecule has 0 unspecified atom stereocenters. The zero-order valence-electron chi connectivity index (χ0n) is 12.2. The van der Waals surface area contributed by atoms with Crippen molar-refractivity contribution < 1.29 is 9.18 Å². The van der Waals surface area contributed by atoms with Gasteiger partial charge in [0.1, 0.15) is 5.82 Å². The number of benzene rings is 1. The van der Waals surface area contributed by atoms with Gasteiger partial charge >= 0.3 is 0 Å². The highest BCUT2D eigenvalue weighted by Crippen LogP contribution is 2.13. The van der Waals surface area contributed by atoms with Crippen LogP contribution in [0.2, 0.25) is 0 Å². The summed E-state index contributed by atoms with van der Waals surface area (Å²) >= 11 is 0. The molecule has 1 amide bonds. The molecule has 1 aromatic rings. The number of rotatable bonds is 6. The van der Waals surface area contributed by atoms with Gasteiger partial charge in [0.2, 0.25) is 5.91 Å². The Morgan fingerprint density at radius 3 is 2.35 bits per heavy atom. The molecule has 1 rings (SSSR count). The van der Waals surface area contributed by atoms with Gasteiger partial charge in [-0.3, -0.25) is 4.79 Å². The zero-order valence-corrected chi connectivity index (χ0v) is 12.2. The molecule has 0 aliphatic rings. The summed E-state index contributed by atoms with van der Waals surface area (Å²) in [6.45, 7) is 4.51. The quantitative estimate of drug-likeness (QED) is 0.791. The van der Waals surface area contributed by atoms with Crippen molar-refractivity contribution in [2.75, 3.05) is 6.54 Å². The molecule has 0 aliphatic heterocycles. The minimum Gasteiger partial charge on any atom is -0.345 e. The van der Waals surface area contributed by atoms with Gasteiger partial charge in [0, 0.05) is 11.5 Å². The first kappa shape index (κ1) is 16.2. The van der Waals surface area contributed by atoms with E-state index in [9.17, 15) is 9.18 Å². The van der Waals surface area contributed by atoms with Crippen molar-refractivity contribution in [1.29, 1.82) is 0 Å². The molecule has 0 aliphatic carbocycles. The fourth-order valence-electron chi connectivity index (χ4n) is 2.06. The normalized spacial score (nSPS) is 10.0. The summed E-state index contributed by atoms with van der Waals surface area (Å²) in [5.74, 6) is 5.69. The summed E-state index contributed by atoms with van der Waals surface area (Å²) in [5, 5.41) is 2.85. The highest BCUT2D eigenvalue weighted by molar-refractivity contribution is 5.78. The monoisotopic (exact) mass is 275 g/mol. The van der Waals surface area contributed by atoms with Gasteiger partial charge in [-0.15, -0.1) is 0 Å². The van der Waals surface area contributed by atoms with E-state index in [0.29, 0.717) is 6.54 Å². The molecule has 0 aromatic heterocycles. The van der Waals surface area contributed by atoms with Gasteiger partial charge in [-0.25, -0.2) is 4.39 Å². The van der Waals surface area contributed by atoms with Crippen LogP contribution in [0.3, 0.4) is 0 Å². The third-order valence-corrected chi connectivity index (χ3v) is 3.07. The Labute approximate surface area is 120 Å². The van der Waals surface area contributed by atoms with Crippen LogP contribution >= 0.6 is 0 Å². The lowest BCUT2D eigenvalue weighted by Gasteiger charge is -2.13. The number of amides is 1. The van der Waals surface area contributed by atoms with Crippen molar-refractivity contribution >= 4 is 5.91 Å². The van der Waals surface area contributed by atoms with Crippen LogP contribution in [0.1, 0.15) is 45.1 Å². The van der Waals surface area contributed by atoms with E-state index < -0.39 is 0 Å². The molecule has 0 saturated carbocycles. The van der Waals surface area contributed by atoms with Crippen LogP contribution in [0.4, 0.5) is 4.39 Å². The fraction of sp³-hybridized carbons (Fsp3) is 0.471. The van der Waals surface area contributed by atoms with Crippen molar-refractivity contribution in [3.63, 3.8) is 0 Å². The maximum Gasteiger partial charge on any atom is 0.223 e. The summed E-state index contributed by atoms with van der Waals surface area (Å²) in [6, 6.07) is 6.00. The second-order valence-electron chi connectivity index (χ2n) is 4.80. The van der Waals surface area contributed by atoms with Crippen LogP contribution in [-0.4, -0.2) is 12.5 Å². The standard InChI is InChI=1S/C17H22FNO/c1-3-6-15(7-4-2)17(20)19-13-5-8-14-9-11-16(18)12-10-14/h9-12,15H,3-4,6-7,13H2,1-2H3,(H,19,20). The molecule has 1 aromatic carbocycles. The van der Waals surface area contributed by atoms with Crippen molar-refractivity contribution in [3.8, 4) is 11.8 Å². The molecule has 3 heteroatoms. The van der Waals surface area contributed by atoms with E-state index in [1.54, 1.807) is 12.1 Å². The Bertz CT molecular complexity index is 464. The van der Waals surface area contributed by atoms with Crippen molar-refractivity contribution in [2.24, 2.45) is 5.92 Å². The van der Waals surface area contributed by atoms with Gasteiger partial charge in [0.25, 0.3) is 0 Å². The van der Waals surface area contributed by atoms with E-state index in [1.807, 2.05) is 0 Å². The summed E-state index contributed by atoms with van der Waals surface area (Å²) in [6.07, 6.45) is 3.87. The average molecular weight is 275 g/mol. The number of carbonyl (C=O) groups excluding carboxylic acids is 1. The lowest BCUT2D eigenvalue weighted by molar-refractivity contribution is -0.125. The molecule has 1 N–H and O–H groups in total. The number of nitrogens with one attached hydrogen (secondary N) is 1. The van der Waals surface area contributed by atoms with E-state index in [1.165, 1.54) is 12.1 Å². The van der Waals surface area contributed by atoms with E-state index in [-0.39, 0.29) is 17.6 Å². The van der Waals surface area contributed by atoms with Gasteiger partial charge in [0.15, 0.2) is 0 Å². The van der Waals surface area contributed by atoms with Crippen molar-refractivity contribution in [3.05, 3.63) is 35.6 Å². The van der Waals surface area contributed by atoms with Crippen molar-refractivity contribution in [1.82, 2.24) is 5.32 Å². The molecule has 0 bridgehead atoms. The molecule has 0 saturated heterocycles. The summed E-state index contributed by atoms with van der Waals surface area (Å²) in [7, 11) is 0. The highest BCUT2D eigenvalue weighted by Gasteiger charge is 2.15. The number of carbonyl (C=O) groups is 1. The maximum atomic E-state index is 12.7. The van der Waals surface area contributed by atoms with Crippen LogP contribution in [0, 0.1) is 23.6 Å². The van der Waals surface area contributed by atoms with Crippen LogP contribution in [0.25, 0.3) is 0 Å². The van der Waals surface area contributed by atoms with Crippen LogP contribution in [0.15, 0.2) is 24.3 Å². The Morgan fingerprint density at radius 2 is 1.80 bits per heavy atom. The van der Waals surface area contributed by atoms with Crippen molar-refractivity contribution in [2.45, 2.75) is 39.5 Å². The van der Waals surface area contributed by atoms with Crippen LogP contribution in [-0.2, 0) is 4.79 Å². The van der Waals surface area contributed by atoms with Crippen LogP contribution < -0.4 is 5.32 Å². The summed E-state index contributed by atoms with van der Waals surface area (Å²) < 4.78 is 12.7. The van der Waals surface area contributed by atoms with E-state index in [4.69, 9.17) is 0 Å². The topological polar surface area (TPSA) is 29.1 Å². The lowest BCUT2D eigenvalue weighted by Crippen LogP contribution is -2.30. The molecule has 20 heavy (non-hydrogen) atoms. The molecular weight excluding hydrogens is 253 g/mol. The molecule has 0 fully saturated rings. The Kier molecular flexibility index (Phi) is 7.42. The van der Waals surface area contributed by atoms with E-state index >= 15 is 0 Å². The minimum absolute atomic E-state index is 0.0853. The van der Waals surface area contributed by atoms with Gasteiger partial charge in [-0.1, -0.05) is 38.5 Å². The highest BCUT2D eigenvalue weighted by atomic mass is 19.1. The van der Waals surface area contributed by atoms with Gasteiger partial charge in [-0.05, 0) is 37.1 Å². The first-order valence-corrected chi connectivity index (χ1v) is 7.19. The predicted molar refractivity (Wildman–Crippen MR) is 79.6 cm³/mol. The Morgan fingerprint density at radius 1 is 1.20 bits per heavy atom. The van der Waals surface area contributed by atoms with Gasteiger partial charge in [0.05, 0.1) is 6.54 Å². The largest absolute Gasteiger partial charge is 0.345 e. The SMILES string of the molecule is CCCC(CCC)C(=O)NCC#Cc1ccc(F)cc1. The predicted octanol–water partition coefficient (Wildman–Crippen LogP) is 3.51. The number of hydrogen-bond acceptors (Lipinski definition) is 1. The van der Waals surface area contributed by atoms with Gasteiger partial charge in [-0.2, -0.15) is 0 Å². The van der Waals surface area contributed by atoms with E-state index in [0.717, 1.165) is 31.2 Å². The molecule has 0 atom stereocenters. The number of hydrogen-bond donors (Lipinski definition) is 1. The Balaban J connectivity index is 2.43. The fourth-order valence-corrected chi connectivity index (χ4v) is 2.06. The smallest absolute Gasteiger partial charge is 0.223 e. The third kappa shape index (κ3) is 5.88. The molecule has 0 spiro atoms. The molecule has 0 radical (unpaired) electrons. The Hall–Kier alpha value is -1.82. The minimum atomic E-state index is -0.272. The molecule has 108 valence electrons. The third-order valence-electron chi connectivity index (χ3n) is 3.07. The zero-order chi connectivity index (χ0) is 14.8. The molecule has 0 heterocycles. The summed E-state index contributed by atoms with van der Waals surface area (Å²) in [4.78, 5) is 12.0. The first-order valence-electron chi connectivity index (χ1n) is 7.19. The average Bonchev–Trinajstić information content (AvgIpc) is 2.45. The second kappa shape index (κ2) is 9.14. The lowest BCUT2D eigenvalue weighted by atomic mass is 9.97. The molecular formula is C17H22FNO. The van der Waals surface area contributed by atoms with Crippen LogP contribution in [0.5, 0.6) is 0 Å². The first-order chi connectivity index (χ1) is 9.67. The second-order valence-corrected chi connectivity index (χ2v) is 4.80. The van der Waals surface area contributed by atoms with Gasteiger partial charge < -0.3 is 5.32 Å². The maximum absolute atomic E-state index is 12.7. The number of halogens is 1. The summed E-state index contributed by atoms with van der Waals surface area (Å²) in [5.41, 5.74) is 0.749.